The summed E-state index contributed by atoms with van der Waals surface area (Å²) in [6.07, 6.45) is 0.518. The van der Waals surface area contributed by atoms with Gasteiger partial charge in [-0.25, -0.2) is 8.42 Å². The largest absolute Gasteiger partial charge is 0.481 e. The van der Waals surface area contributed by atoms with Crippen LogP contribution in [0.15, 0.2) is 34.1 Å². The van der Waals surface area contributed by atoms with Crippen molar-refractivity contribution in [3.05, 3.63) is 24.3 Å². The molecule has 2 atom stereocenters. The molecule has 1 amide bonds. The fraction of sp³-hybridized carbons (Fsp3) is 0.500. The molecule has 0 bridgehead atoms. The number of hydrogen-bond donors (Lipinski definition) is 2. The van der Waals surface area contributed by atoms with Crippen LogP contribution in [-0.4, -0.2) is 42.9 Å². The predicted octanol–water partition coefficient (Wildman–Crippen LogP) is 2.19. The van der Waals surface area contributed by atoms with E-state index in [0.29, 0.717) is 11.3 Å². The molecule has 2 N–H and O–H groups in total. The van der Waals surface area contributed by atoms with E-state index in [1.54, 1.807) is 38.1 Å². The SMILES string of the molecule is CCCS(=O)(=O)c1ccccc1SC(C)C(=O)NCC(C)C(=O)O. The molecule has 2 unspecified atom stereocenters. The zero-order chi connectivity index (χ0) is 18.3. The number of nitrogens with one attached hydrogen (secondary N) is 1. The summed E-state index contributed by atoms with van der Waals surface area (Å²) in [6.45, 7) is 5.00. The highest BCUT2D eigenvalue weighted by Gasteiger charge is 2.22. The summed E-state index contributed by atoms with van der Waals surface area (Å²) >= 11 is 1.15. The first-order valence-electron chi connectivity index (χ1n) is 7.68. The van der Waals surface area contributed by atoms with Gasteiger partial charge in [-0.05, 0) is 25.5 Å². The van der Waals surface area contributed by atoms with Crippen LogP contribution in [-0.2, 0) is 19.4 Å². The van der Waals surface area contributed by atoms with Crippen LogP contribution < -0.4 is 5.32 Å². The molecule has 0 aliphatic carbocycles. The lowest BCUT2D eigenvalue weighted by atomic mass is 10.2. The second-order valence-electron chi connectivity index (χ2n) is 5.51. The standard InChI is InChI=1S/C16H23NO5S2/c1-4-9-24(21,22)14-8-6-5-7-13(14)23-12(3)15(18)17-10-11(2)16(19)20/h5-8,11-12H,4,9-10H2,1-3H3,(H,17,18)(H,19,20). The van der Waals surface area contributed by atoms with Gasteiger partial charge in [0.25, 0.3) is 0 Å². The fourth-order valence-corrected chi connectivity index (χ4v) is 4.77. The molecule has 1 aromatic rings. The monoisotopic (exact) mass is 373 g/mol. The Labute approximate surface area is 146 Å². The average molecular weight is 373 g/mol. The molecule has 0 fully saturated rings. The van der Waals surface area contributed by atoms with E-state index in [-0.39, 0.29) is 23.1 Å². The molecule has 0 saturated carbocycles. The molecule has 0 saturated heterocycles. The van der Waals surface area contributed by atoms with Crippen LogP contribution in [0.3, 0.4) is 0 Å². The van der Waals surface area contributed by atoms with Crippen molar-refractivity contribution in [2.24, 2.45) is 5.92 Å². The number of carbonyl (C=O) groups is 2. The van der Waals surface area contributed by atoms with E-state index in [1.807, 2.05) is 0 Å². The van der Waals surface area contributed by atoms with Crippen LogP contribution in [0.1, 0.15) is 27.2 Å². The number of carbonyl (C=O) groups excluding carboxylic acids is 1. The molecule has 0 heterocycles. The van der Waals surface area contributed by atoms with Gasteiger partial charge in [0.15, 0.2) is 9.84 Å². The van der Waals surface area contributed by atoms with Crippen molar-refractivity contribution >= 4 is 33.5 Å². The third-order valence-electron chi connectivity index (χ3n) is 3.33. The van der Waals surface area contributed by atoms with Crippen LogP contribution in [0.25, 0.3) is 0 Å². The lowest BCUT2D eigenvalue weighted by molar-refractivity contribution is -0.141. The first-order chi connectivity index (χ1) is 11.2. The Bertz CT molecular complexity index is 687. The van der Waals surface area contributed by atoms with Crippen molar-refractivity contribution in [2.45, 2.75) is 42.2 Å². The molecule has 0 aromatic heterocycles. The van der Waals surface area contributed by atoms with E-state index in [9.17, 15) is 18.0 Å². The van der Waals surface area contributed by atoms with Gasteiger partial charge in [0.05, 0.1) is 21.8 Å². The van der Waals surface area contributed by atoms with Gasteiger partial charge in [-0.15, -0.1) is 11.8 Å². The van der Waals surface area contributed by atoms with Gasteiger partial charge in [-0.2, -0.15) is 0 Å². The Morgan fingerprint density at radius 3 is 2.46 bits per heavy atom. The van der Waals surface area contributed by atoms with E-state index in [4.69, 9.17) is 5.11 Å². The van der Waals surface area contributed by atoms with Crippen LogP contribution in [0.2, 0.25) is 0 Å². The summed E-state index contributed by atoms with van der Waals surface area (Å²) in [5, 5.41) is 10.9. The lowest BCUT2D eigenvalue weighted by Crippen LogP contribution is -2.36. The minimum Gasteiger partial charge on any atom is -0.481 e. The van der Waals surface area contributed by atoms with Crippen molar-refractivity contribution in [2.75, 3.05) is 12.3 Å². The molecule has 134 valence electrons. The fourth-order valence-electron chi connectivity index (χ4n) is 1.91. The Morgan fingerprint density at radius 2 is 1.88 bits per heavy atom. The maximum absolute atomic E-state index is 12.3. The van der Waals surface area contributed by atoms with Crippen molar-refractivity contribution in [1.82, 2.24) is 5.32 Å². The molecule has 8 heteroatoms. The zero-order valence-corrected chi connectivity index (χ0v) is 15.6. The van der Waals surface area contributed by atoms with Gasteiger partial charge in [0.1, 0.15) is 0 Å². The van der Waals surface area contributed by atoms with Crippen molar-refractivity contribution < 1.29 is 23.1 Å². The highest BCUT2D eigenvalue weighted by Crippen LogP contribution is 2.30. The summed E-state index contributed by atoms with van der Waals surface area (Å²) in [6, 6.07) is 6.61. The number of benzene rings is 1. The quantitative estimate of drug-likeness (QED) is 0.644. The first kappa shape index (κ1) is 20.5. The van der Waals surface area contributed by atoms with E-state index >= 15 is 0 Å². The maximum Gasteiger partial charge on any atom is 0.308 e. The molecule has 0 aliphatic rings. The Morgan fingerprint density at radius 1 is 1.25 bits per heavy atom. The Kier molecular flexibility index (Phi) is 7.75. The molecular formula is C16H23NO5S2. The summed E-state index contributed by atoms with van der Waals surface area (Å²) in [7, 11) is -3.38. The van der Waals surface area contributed by atoms with Crippen LogP contribution in [0.4, 0.5) is 0 Å². The topological polar surface area (TPSA) is 101 Å². The van der Waals surface area contributed by atoms with Crippen LogP contribution in [0.5, 0.6) is 0 Å². The van der Waals surface area contributed by atoms with Crippen LogP contribution >= 0.6 is 11.8 Å². The molecule has 24 heavy (non-hydrogen) atoms. The second kappa shape index (κ2) is 9.08. The second-order valence-corrected chi connectivity index (χ2v) is 8.97. The molecule has 6 nitrogen and oxygen atoms in total. The van der Waals surface area contributed by atoms with Gasteiger partial charge in [0, 0.05) is 11.4 Å². The van der Waals surface area contributed by atoms with Gasteiger partial charge in [-0.1, -0.05) is 26.0 Å². The van der Waals surface area contributed by atoms with E-state index < -0.39 is 27.0 Å². The van der Waals surface area contributed by atoms with Crippen molar-refractivity contribution in [3.63, 3.8) is 0 Å². The molecule has 0 spiro atoms. The number of carboxylic acid groups (broad SMARTS) is 1. The zero-order valence-electron chi connectivity index (χ0n) is 14.0. The third-order valence-corrected chi connectivity index (χ3v) is 6.61. The Balaban J connectivity index is 2.82. The summed E-state index contributed by atoms with van der Waals surface area (Å²) in [5.74, 6) is -1.92. The van der Waals surface area contributed by atoms with E-state index in [2.05, 4.69) is 5.32 Å². The average Bonchev–Trinajstić information content (AvgIpc) is 2.52. The molecule has 1 rings (SSSR count). The maximum atomic E-state index is 12.3. The van der Waals surface area contributed by atoms with Crippen molar-refractivity contribution in [1.29, 1.82) is 0 Å². The number of amides is 1. The number of thioether (sulfide) groups is 1. The van der Waals surface area contributed by atoms with Crippen LogP contribution in [0, 0.1) is 5.92 Å². The van der Waals surface area contributed by atoms with Gasteiger partial charge in [-0.3, -0.25) is 9.59 Å². The summed E-state index contributed by atoms with van der Waals surface area (Å²) in [5.41, 5.74) is 0. The number of hydrogen-bond acceptors (Lipinski definition) is 5. The highest BCUT2D eigenvalue weighted by molar-refractivity contribution is 8.01. The van der Waals surface area contributed by atoms with Gasteiger partial charge < -0.3 is 10.4 Å². The Hall–Kier alpha value is -1.54. The normalized spacial score (nSPS) is 14.0. The number of rotatable bonds is 9. The van der Waals surface area contributed by atoms with Gasteiger partial charge in [0.2, 0.25) is 5.91 Å². The smallest absolute Gasteiger partial charge is 0.308 e. The first-order valence-corrected chi connectivity index (χ1v) is 10.2. The molecule has 1 aromatic carbocycles. The number of aliphatic carboxylic acids is 1. The van der Waals surface area contributed by atoms with Gasteiger partial charge >= 0.3 is 5.97 Å². The number of sulfone groups is 1. The van der Waals surface area contributed by atoms with Crippen molar-refractivity contribution in [3.8, 4) is 0 Å². The third kappa shape index (κ3) is 5.83. The minimum atomic E-state index is -3.38. The molecule has 0 aliphatic heterocycles. The molecular weight excluding hydrogens is 350 g/mol. The van der Waals surface area contributed by atoms with E-state index in [1.165, 1.54) is 6.92 Å². The summed E-state index contributed by atoms with van der Waals surface area (Å²) in [4.78, 5) is 23.6. The molecule has 0 radical (unpaired) electrons. The van der Waals surface area contributed by atoms with E-state index in [0.717, 1.165) is 11.8 Å². The predicted molar refractivity (Wildman–Crippen MR) is 93.9 cm³/mol. The minimum absolute atomic E-state index is 0.0366. The summed E-state index contributed by atoms with van der Waals surface area (Å²) < 4.78 is 24.6. The lowest BCUT2D eigenvalue weighted by Gasteiger charge is -2.15. The number of carboxylic acids is 1. The highest BCUT2D eigenvalue weighted by atomic mass is 32.2.